The Labute approximate surface area is 144 Å². The van der Waals surface area contributed by atoms with E-state index >= 15 is 0 Å². The Morgan fingerprint density at radius 3 is 2.61 bits per heavy atom. The Balaban J connectivity index is 1.91. The average Bonchev–Trinajstić information content (AvgIpc) is 3.09. The highest BCUT2D eigenvalue weighted by atomic mass is 35.5. The summed E-state index contributed by atoms with van der Waals surface area (Å²) in [5.41, 5.74) is 1.20. The minimum absolute atomic E-state index is 0.323. The molecular weight excluding hydrogens is 352 g/mol. The number of halogens is 1. The fourth-order valence-corrected chi connectivity index (χ4v) is 3.72. The van der Waals surface area contributed by atoms with E-state index in [0.717, 1.165) is 10.2 Å². The highest BCUT2D eigenvalue weighted by Gasteiger charge is 2.13. The molecule has 0 saturated heterocycles. The van der Waals surface area contributed by atoms with Crippen molar-refractivity contribution in [2.45, 2.75) is 0 Å². The van der Waals surface area contributed by atoms with Crippen LogP contribution >= 0.6 is 35.2 Å². The summed E-state index contributed by atoms with van der Waals surface area (Å²) >= 11 is 12.8. The van der Waals surface area contributed by atoms with Crippen LogP contribution in [-0.4, -0.2) is 19.3 Å². The fourth-order valence-electron chi connectivity index (χ4n) is 2.28. The van der Waals surface area contributed by atoms with Gasteiger partial charge in [-0.1, -0.05) is 35.1 Å². The molecule has 0 saturated carbocycles. The number of aromatic amines is 1. The molecule has 0 aliphatic rings. The predicted molar refractivity (Wildman–Crippen MR) is 94.7 cm³/mol. The maximum Gasteiger partial charge on any atom is 0.347 e. The first-order valence-electron chi connectivity index (χ1n) is 6.69. The number of rotatable bonds is 2. The van der Waals surface area contributed by atoms with E-state index in [1.165, 1.54) is 20.6 Å². The Kier molecular flexibility index (Phi) is 3.41. The number of thiazole rings is 1. The quantitative estimate of drug-likeness (QED) is 0.551. The maximum absolute atomic E-state index is 12.3. The summed E-state index contributed by atoms with van der Waals surface area (Å²) in [6.07, 6.45) is 0. The van der Waals surface area contributed by atoms with Crippen LogP contribution < -0.4 is 5.69 Å². The molecule has 4 rings (SSSR count). The largest absolute Gasteiger partial charge is 0.347 e. The van der Waals surface area contributed by atoms with Crippen LogP contribution in [0.4, 0.5) is 0 Å². The zero-order valence-corrected chi connectivity index (χ0v) is 14.0. The molecule has 0 fully saturated rings. The molecule has 0 atom stereocenters. The van der Waals surface area contributed by atoms with Gasteiger partial charge in [0.2, 0.25) is 9.90 Å². The molecular formula is C15H9ClN4OS2. The first-order valence-corrected chi connectivity index (χ1v) is 8.30. The summed E-state index contributed by atoms with van der Waals surface area (Å²) < 4.78 is 4.30. The molecule has 5 nitrogen and oxygen atoms in total. The zero-order valence-electron chi connectivity index (χ0n) is 11.6. The standard InChI is InChI=1S/C15H9ClN4OS2/c16-9-5-7-10(8-6-9)19-13(21)18-20(15(19)22)14-17-11-3-1-2-4-12(11)23-14/h1-8H,(H,18,21). The molecule has 0 unspecified atom stereocenters. The third-order valence-electron chi connectivity index (χ3n) is 3.35. The summed E-state index contributed by atoms with van der Waals surface area (Å²) in [5.74, 6) is 0. The molecule has 0 aliphatic heterocycles. The van der Waals surface area contributed by atoms with Crippen molar-refractivity contribution in [3.05, 3.63) is 68.8 Å². The molecule has 8 heteroatoms. The second kappa shape index (κ2) is 5.45. The number of hydrogen-bond donors (Lipinski definition) is 1. The molecule has 1 N–H and O–H groups in total. The molecule has 4 aromatic rings. The minimum Gasteiger partial charge on any atom is -0.246 e. The van der Waals surface area contributed by atoms with E-state index in [1.807, 2.05) is 24.3 Å². The molecule has 23 heavy (non-hydrogen) atoms. The van der Waals surface area contributed by atoms with Crippen molar-refractivity contribution in [3.63, 3.8) is 0 Å². The van der Waals surface area contributed by atoms with Crippen molar-refractivity contribution in [2.24, 2.45) is 0 Å². The molecule has 0 amide bonds. The average molecular weight is 361 g/mol. The Bertz CT molecular complexity index is 1090. The minimum atomic E-state index is -0.323. The van der Waals surface area contributed by atoms with Gasteiger partial charge in [0.15, 0.2) is 0 Å². The van der Waals surface area contributed by atoms with E-state index in [9.17, 15) is 4.79 Å². The lowest BCUT2D eigenvalue weighted by Crippen LogP contribution is -2.14. The molecule has 0 aliphatic carbocycles. The number of fused-ring (bicyclic) bond motifs is 1. The van der Waals surface area contributed by atoms with Crippen molar-refractivity contribution in [2.75, 3.05) is 0 Å². The molecule has 2 heterocycles. The molecule has 2 aromatic carbocycles. The SMILES string of the molecule is O=c1[nH]n(-c2nc3ccccc3s2)c(=S)n1-c1ccc(Cl)cc1. The van der Waals surface area contributed by atoms with Crippen LogP contribution in [0.25, 0.3) is 21.0 Å². The van der Waals surface area contributed by atoms with Crippen LogP contribution in [0.5, 0.6) is 0 Å². The number of H-pyrrole nitrogens is 1. The summed E-state index contributed by atoms with van der Waals surface area (Å²) in [5, 5.41) is 3.96. The van der Waals surface area contributed by atoms with Gasteiger partial charge < -0.3 is 0 Å². The first kappa shape index (κ1) is 14.4. The van der Waals surface area contributed by atoms with Gasteiger partial charge in [-0.05, 0) is 48.6 Å². The summed E-state index contributed by atoms with van der Waals surface area (Å²) in [7, 11) is 0. The molecule has 0 spiro atoms. The second-order valence-corrected chi connectivity index (χ2v) is 6.62. The van der Waals surface area contributed by atoms with Gasteiger partial charge in [0, 0.05) is 5.02 Å². The lowest BCUT2D eigenvalue weighted by atomic mass is 10.3. The van der Waals surface area contributed by atoms with Gasteiger partial charge in [0.1, 0.15) is 0 Å². The van der Waals surface area contributed by atoms with Crippen molar-refractivity contribution in [1.82, 2.24) is 19.3 Å². The highest BCUT2D eigenvalue weighted by molar-refractivity contribution is 7.71. The molecule has 0 bridgehead atoms. The van der Waals surface area contributed by atoms with Gasteiger partial charge in [-0.3, -0.25) is 0 Å². The van der Waals surface area contributed by atoms with E-state index in [2.05, 4.69) is 10.1 Å². The fraction of sp³-hybridized carbons (Fsp3) is 0. The van der Waals surface area contributed by atoms with Crippen LogP contribution in [0.15, 0.2) is 53.3 Å². The molecule has 2 aromatic heterocycles. The van der Waals surface area contributed by atoms with Gasteiger partial charge in [-0.15, -0.1) is 0 Å². The number of nitrogens with one attached hydrogen (secondary N) is 1. The number of nitrogens with zero attached hydrogens (tertiary/aromatic N) is 3. The topological polar surface area (TPSA) is 55.6 Å². The number of benzene rings is 2. The van der Waals surface area contributed by atoms with Crippen molar-refractivity contribution < 1.29 is 0 Å². The van der Waals surface area contributed by atoms with Crippen molar-refractivity contribution in [1.29, 1.82) is 0 Å². The van der Waals surface area contributed by atoms with E-state index in [4.69, 9.17) is 23.8 Å². The second-order valence-electron chi connectivity index (χ2n) is 4.81. The van der Waals surface area contributed by atoms with E-state index < -0.39 is 0 Å². The molecule has 114 valence electrons. The smallest absolute Gasteiger partial charge is 0.246 e. The van der Waals surface area contributed by atoms with Crippen molar-refractivity contribution >= 4 is 45.4 Å². The first-order chi connectivity index (χ1) is 11.1. The van der Waals surface area contributed by atoms with Crippen LogP contribution in [0.3, 0.4) is 0 Å². The zero-order chi connectivity index (χ0) is 16.0. The summed E-state index contributed by atoms with van der Waals surface area (Å²) in [6, 6.07) is 14.7. The highest BCUT2D eigenvalue weighted by Crippen LogP contribution is 2.24. The normalized spacial score (nSPS) is 11.2. The monoisotopic (exact) mass is 360 g/mol. The van der Waals surface area contributed by atoms with E-state index in [1.54, 1.807) is 24.3 Å². The lowest BCUT2D eigenvalue weighted by molar-refractivity contribution is 0.845. The van der Waals surface area contributed by atoms with Gasteiger partial charge in [0.05, 0.1) is 15.9 Å². The van der Waals surface area contributed by atoms with E-state index in [-0.39, 0.29) is 5.69 Å². The Morgan fingerprint density at radius 2 is 1.87 bits per heavy atom. The van der Waals surface area contributed by atoms with Crippen LogP contribution in [0.1, 0.15) is 0 Å². The van der Waals surface area contributed by atoms with E-state index in [0.29, 0.717) is 20.6 Å². The van der Waals surface area contributed by atoms with Gasteiger partial charge in [-0.2, -0.15) is 4.68 Å². The Morgan fingerprint density at radius 1 is 1.13 bits per heavy atom. The van der Waals surface area contributed by atoms with Gasteiger partial charge in [-0.25, -0.2) is 19.4 Å². The third-order valence-corrected chi connectivity index (χ3v) is 4.99. The number of aromatic nitrogens is 4. The van der Waals surface area contributed by atoms with Gasteiger partial charge in [0.25, 0.3) is 0 Å². The third kappa shape index (κ3) is 2.42. The molecule has 0 radical (unpaired) electrons. The summed E-state index contributed by atoms with van der Waals surface area (Å²) in [4.78, 5) is 16.8. The Hall–Kier alpha value is -2.22. The van der Waals surface area contributed by atoms with Gasteiger partial charge >= 0.3 is 5.69 Å². The lowest BCUT2D eigenvalue weighted by Gasteiger charge is -2.00. The maximum atomic E-state index is 12.3. The summed E-state index contributed by atoms with van der Waals surface area (Å²) in [6.45, 7) is 0. The van der Waals surface area contributed by atoms with Crippen LogP contribution in [0.2, 0.25) is 5.02 Å². The predicted octanol–water partition coefficient (Wildman–Crippen LogP) is 3.95. The number of para-hydroxylation sites is 1. The number of hydrogen-bond acceptors (Lipinski definition) is 4. The van der Waals surface area contributed by atoms with Crippen molar-refractivity contribution in [3.8, 4) is 10.8 Å². The van der Waals surface area contributed by atoms with Crippen LogP contribution in [-0.2, 0) is 0 Å². The van der Waals surface area contributed by atoms with Crippen LogP contribution in [0, 0.1) is 4.77 Å².